The van der Waals surface area contributed by atoms with E-state index in [9.17, 15) is 0 Å². The van der Waals surface area contributed by atoms with Crippen LogP contribution in [0.2, 0.25) is 0 Å². The first-order valence-corrected chi connectivity index (χ1v) is 4.37. The van der Waals surface area contributed by atoms with Crippen molar-refractivity contribution >= 4 is 11.0 Å². The molecule has 3 heteroatoms. The second-order valence-electron chi connectivity index (χ2n) is 3.10. The fourth-order valence-electron chi connectivity index (χ4n) is 1.50. The van der Waals surface area contributed by atoms with Gasteiger partial charge in [-0.2, -0.15) is 0 Å². The largest absolute Gasteiger partial charge is 0.493 e. The van der Waals surface area contributed by atoms with Gasteiger partial charge in [-0.05, 0) is 19.1 Å². The standard InChI is InChI=1S/C11H12O3/c1-7-4-8-5-10(12-2)11(13-3)6-9(8)14-7/h4-6H,1-3H3. The molecule has 14 heavy (non-hydrogen) atoms. The molecule has 0 aliphatic rings. The van der Waals surface area contributed by atoms with Crippen LogP contribution in [0.25, 0.3) is 11.0 Å². The lowest BCUT2D eigenvalue weighted by atomic mass is 10.2. The van der Waals surface area contributed by atoms with Crippen LogP contribution in [-0.2, 0) is 0 Å². The predicted molar refractivity (Wildman–Crippen MR) is 54.1 cm³/mol. The van der Waals surface area contributed by atoms with E-state index in [1.54, 1.807) is 14.2 Å². The maximum absolute atomic E-state index is 5.47. The molecule has 1 aromatic heterocycles. The zero-order valence-corrected chi connectivity index (χ0v) is 8.46. The minimum atomic E-state index is 0.689. The van der Waals surface area contributed by atoms with E-state index in [4.69, 9.17) is 13.9 Å². The molecule has 74 valence electrons. The summed E-state index contributed by atoms with van der Waals surface area (Å²) in [7, 11) is 3.23. The molecule has 0 bridgehead atoms. The number of furan rings is 1. The van der Waals surface area contributed by atoms with Crippen LogP contribution in [0.3, 0.4) is 0 Å². The van der Waals surface area contributed by atoms with E-state index >= 15 is 0 Å². The molecule has 0 aliphatic heterocycles. The molecule has 0 amide bonds. The van der Waals surface area contributed by atoms with Gasteiger partial charge in [-0.3, -0.25) is 0 Å². The van der Waals surface area contributed by atoms with Gasteiger partial charge in [-0.25, -0.2) is 0 Å². The zero-order chi connectivity index (χ0) is 10.1. The van der Waals surface area contributed by atoms with Crippen LogP contribution in [0, 0.1) is 6.92 Å². The lowest BCUT2D eigenvalue weighted by molar-refractivity contribution is 0.355. The highest BCUT2D eigenvalue weighted by atomic mass is 16.5. The van der Waals surface area contributed by atoms with Crippen molar-refractivity contribution in [2.24, 2.45) is 0 Å². The van der Waals surface area contributed by atoms with Crippen molar-refractivity contribution in [3.05, 3.63) is 24.0 Å². The number of rotatable bonds is 2. The topological polar surface area (TPSA) is 31.6 Å². The smallest absolute Gasteiger partial charge is 0.164 e. The molecule has 2 aromatic rings. The third-order valence-electron chi connectivity index (χ3n) is 2.15. The van der Waals surface area contributed by atoms with E-state index in [-0.39, 0.29) is 0 Å². The summed E-state index contributed by atoms with van der Waals surface area (Å²) >= 11 is 0. The first kappa shape index (κ1) is 8.94. The van der Waals surface area contributed by atoms with E-state index in [1.165, 1.54) is 0 Å². The van der Waals surface area contributed by atoms with Gasteiger partial charge >= 0.3 is 0 Å². The van der Waals surface area contributed by atoms with Crippen LogP contribution in [0.5, 0.6) is 11.5 Å². The molecule has 0 spiro atoms. The molecular weight excluding hydrogens is 180 g/mol. The highest BCUT2D eigenvalue weighted by Crippen LogP contribution is 2.33. The maximum Gasteiger partial charge on any atom is 0.164 e. The highest BCUT2D eigenvalue weighted by Gasteiger charge is 2.08. The molecule has 0 unspecified atom stereocenters. The Bertz CT molecular complexity index is 416. The van der Waals surface area contributed by atoms with Crippen LogP contribution in [0.4, 0.5) is 0 Å². The van der Waals surface area contributed by atoms with Crippen LogP contribution in [0.1, 0.15) is 5.76 Å². The molecule has 0 radical (unpaired) electrons. The molecule has 0 aliphatic carbocycles. The van der Waals surface area contributed by atoms with E-state index in [0.717, 1.165) is 22.5 Å². The Kier molecular flexibility index (Phi) is 2.08. The summed E-state index contributed by atoms with van der Waals surface area (Å²) in [6, 6.07) is 5.71. The Morgan fingerprint density at radius 3 is 2.29 bits per heavy atom. The van der Waals surface area contributed by atoms with Crippen molar-refractivity contribution in [1.29, 1.82) is 0 Å². The first-order valence-electron chi connectivity index (χ1n) is 4.37. The fraction of sp³-hybridized carbons (Fsp3) is 0.273. The van der Waals surface area contributed by atoms with E-state index < -0.39 is 0 Å². The summed E-state index contributed by atoms with van der Waals surface area (Å²) in [5.41, 5.74) is 0.820. The number of methoxy groups -OCH3 is 2. The summed E-state index contributed by atoms with van der Waals surface area (Å²) < 4.78 is 15.8. The Balaban J connectivity index is 2.68. The van der Waals surface area contributed by atoms with Gasteiger partial charge in [0.25, 0.3) is 0 Å². The molecular formula is C11H12O3. The monoisotopic (exact) mass is 192 g/mol. The molecule has 0 saturated heterocycles. The number of fused-ring (bicyclic) bond motifs is 1. The minimum absolute atomic E-state index is 0.689. The Morgan fingerprint density at radius 1 is 1.00 bits per heavy atom. The number of hydrogen-bond donors (Lipinski definition) is 0. The summed E-state index contributed by atoms with van der Waals surface area (Å²) in [6.07, 6.45) is 0. The molecule has 0 N–H and O–H groups in total. The molecule has 1 heterocycles. The number of aryl methyl sites for hydroxylation is 1. The van der Waals surface area contributed by atoms with Crippen LogP contribution < -0.4 is 9.47 Å². The zero-order valence-electron chi connectivity index (χ0n) is 8.46. The van der Waals surface area contributed by atoms with Gasteiger partial charge in [-0.15, -0.1) is 0 Å². The Hall–Kier alpha value is -1.64. The van der Waals surface area contributed by atoms with Crippen molar-refractivity contribution in [3.8, 4) is 11.5 Å². The van der Waals surface area contributed by atoms with Crippen LogP contribution >= 0.6 is 0 Å². The summed E-state index contributed by atoms with van der Waals surface area (Å²) in [5.74, 6) is 2.30. The van der Waals surface area contributed by atoms with Gasteiger partial charge in [0, 0.05) is 11.5 Å². The Morgan fingerprint density at radius 2 is 1.64 bits per heavy atom. The summed E-state index contributed by atoms with van der Waals surface area (Å²) in [6.45, 7) is 1.92. The molecule has 1 aromatic carbocycles. The minimum Gasteiger partial charge on any atom is -0.493 e. The van der Waals surface area contributed by atoms with Crippen molar-refractivity contribution < 1.29 is 13.9 Å². The van der Waals surface area contributed by atoms with E-state index in [1.807, 2.05) is 25.1 Å². The molecule has 0 fully saturated rings. The third-order valence-corrected chi connectivity index (χ3v) is 2.15. The van der Waals surface area contributed by atoms with Gasteiger partial charge in [0.2, 0.25) is 0 Å². The van der Waals surface area contributed by atoms with E-state index in [2.05, 4.69) is 0 Å². The lowest BCUT2D eigenvalue weighted by Crippen LogP contribution is -1.89. The number of ether oxygens (including phenoxy) is 2. The van der Waals surface area contributed by atoms with Gasteiger partial charge < -0.3 is 13.9 Å². The Labute approximate surface area is 82.2 Å². The average molecular weight is 192 g/mol. The van der Waals surface area contributed by atoms with Crippen LogP contribution in [-0.4, -0.2) is 14.2 Å². The highest BCUT2D eigenvalue weighted by molar-refractivity contribution is 5.82. The lowest BCUT2D eigenvalue weighted by Gasteiger charge is -2.06. The van der Waals surface area contributed by atoms with E-state index in [0.29, 0.717) is 5.75 Å². The molecule has 0 saturated carbocycles. The van der Waals surface area contributed by atoms with Gasteiger partial charge in [-0.1, -0.05) is 0 Å². The second-order valence-corrected chi connectivity index (χ2v) is 3.10. The van der Waals surface area contributed by atoms with Crippen LogP contribution in [0.15, 0.2) is 22.6 Å². The van der Waals surface area contributed by atoms with Gasteiger partial charge in [0.15, 0.2) is 11.5 Å². The quantitative estimate of drug-likeness (QED) is 0.733. The van der Waals surface area contributed by atoms with Crippen molar-refractivity contribution in [2.75, 3.05) is 14.2 Å². The molecule has 0 atom stereocenters. The SMILES string of the molecule is COc1cc2cc(C)oc2cc1OC. The summed E-state index contributed by atoms with van der Waals surface area (Å²) in [5, 5.41) is 1.03. The average Bonchev–Trinajstić information content (AvgIpc) is 2.54. The predicted octanol–water partition coefficient (Wildman–Crippen LogP) is 2.76. The normalized spacial score (nSPS) is 10.5. The van der Waals surface area contributed by atoms with Crippen molar-refractivity contribution in [3.63, 3.8) is 0 Å². The maximum atomic E-state index is 5.47. The second kappa shape index (κ2) is 3.25. The fourth-order valence-corrected chi connectivity index (χ4v) is 1.50. The van der Waals surface area contributed by atoms with Gasteiger partial charge in [0.1, 0.15) is 11.3 Å². The molecule has 2 rings (SSSR count). The summed E-state index contributed by atoms with van der Waals surface area (Å²) in [4.78, 5) is 0. The van der Waals surface area contributed by atoms with Crippen molar-refractivity contribution in [2.45, 2.75) is 6.92 Å². The first-order chi connectivity index (χ1) is 6.74. The number of hydrogen-bond acceptors (Lipinski definition) is 3. The number of benzene rings is 1. The molecule has 3 nitrogen and oxygen atoms in total. The van der Waals surface area contributed by atoms with Gasteiger partial charge in [0.05, 0.1) is 14.2 Å². The third kappa shape index (κ3) is 1.31. The van der Waals surface area contributed by atoms with Crippen molar-refractivity contribution in [1.82, 2.24) is 0 Å².